The Morgan fingerprint density at radius 1 is 0.462 bits per heavy atom. The fourth-order valence-corrected chi connectivity index (χ4v) is 10.7. The van der Waals surface area contributed by atoms with E-state index in [9.17, 15) is 0 Å². The fourth-order valence-electron chi connectivity index (χ4n) is 10.7. The number of rotatable bonds is 3. The van der Waals surface area contributed by atoms with Crippen LogP contribution in [0, 0.1) is 20.8 Å². The molecule has 65 heavy (non-hydrogen) atoms. The Balaban J connectivity index is 1.40. The van der Waals surface area contributed by atoms with Crippen LogP contribution in [-0.2, 0) is 21.7 Å². The first-order valence-electron chi connectivity index (χ1n) is 23.7. The van der Waals surface area contributed by atoms with Crippen molar-refractivity contribution in [3.05, 3.63) is 160 Å². The van der Waals surface area contributed by atoms with Crippen LogP contribution in [0.2, 0.25) is 0 Å². The molecule has 10 rings (SSSR count). The highest BCUT2D eigenvalue weighted by molar-refractivity contribution is 6.94. The van der Waals surface area contributed by atoms with E-state index in [-0.39, 0.29) is 28.5 Å². The number of nitrogens with zero attached hydrogens (tertiary/aromatic N) is 2. The third kappa shape index (κ3) is 7.02. The van der Waals surface area contributed by atoms with Crippen LogP contribution in [0.4, 0.5) is 28.4 Å². The van der Waals surface area contributed by atoms with Gasteiger partial charge < -0.3 is 14.1 Å². The summed E-state index contributed by atoms with van der Waals surface area (Å²) in [6.45, 7) is 34.5. The van der Waals surface area contributed by atoms with Gasteiger partial charge in [0.15, 0.2) is 0 Å². The number of fused-ring (bicyclic) bond motifs is 8. The van der Waals surface area contributed by atoms with Crippen molar-refractivity contribution in [1.29, 1.82) is 0 Å². The summed E-state index contributed by atoms with van der Waals surface area (Å²) in [5, 5.41) is 2.28. The molecule has 0 saturated carbocycles. The highest BCUT2D eigenvalue weighted by Crippen LogP contribution is 2.52. The van der Waals surface area contributed by atoms with Gasteiger partial charge >= 0.3 is 6.85 Å². The summed E-state index contributed by atoms with van der Waals surface area (Å²) in [6.07, 6.45) is 0. The monoisotopic (exact) mass is 853 g/mol. The van der Waals surface area contributed by atoms with Crippen LogP contribution in [0.15, 0.2) is 126 Å². The summed E-state index contributed by atoms with van der Waals surface area (Å²) in [5.41, 5.74) is 24.3. The molecule has 0 atom stereocenters. The third-order valence-electron chi connectivity index (χ3n) is 14.3. The maximum atomic E-state index is 7.13. The van der Waals surface area contributed by atoms with Gasteiger partial charge in [0.25, 0.3) is 0 Å². The van der Waals surface area contributed by atoms with Crippen molar-refractivity contribution in [3.8, 4) is 22.3 Å². The molecule has 0 N–H and O–H groups in total. The average molecular weight is 853 g/mol. The molecule has 7 aromatic carbocycles. The molecule has 0 fully saturated rings. The number of aryl methyl sites for hydroxylation is 3. The van der Waals surface area contributed by atoms with Gasteiger partial charge in [0.2, 0.25) is 0 Å². The zero-order chi connectivity index (χ0) is 46.3. The lowest BCUT2D eigenvalue weighted by molar-refractivity contribution is 0.569. The molecule has 4 heteroatoms. The molecule has 328 valence electrons. The van der Waals surface area contributed by atoms with Crippen molar-refractivity contribution in [1.82, 2.24) is 0 Å². The number of para-hydroxylation sites is 1. The molecule has 3 heterocycles. The number of furan rings is 1. The number of anilines is 5. The number of hydrogen-bond donors (Lipinski definition) is 0. The molecule has 2 aliphatic heterocycles. The van der Waals surface area contributed by atoms with E-state index in [0.717, 1.165) is 21.9 Å². The first-order chi connectivity index (χ1) is 30.5. The van der Waals surface area contributed by atoms with Crippen molar-refractivity contribution >= 4 is 68.1 Å². The summed E-state index contributed by atoms with van der Waals surface area (Å²) in [5.74, 6) is 0. The van der Waals surface area contributed by atoms with Gasteiger partial charge in [-0.15, -0.1) is 0 Å². The maximum absolute atomic E-state index is 7.13. The molecular weight excluding hydrogens is 787 g/mol. The Labute approximate surface area is 388 Å². The van der Waals surface area contributed by atoms with E-state index in [1.807, 2.05) is 0 Å². The van der Waals surface area contributed by atoms with Gasteiger partial charge in [-0.05, 0) is 152 Å². The Kier molecular flexibility index (Phi) is 9.58. The summed E-state index contributed by atoms with van der Waals surface area (Å²) >= 11 is 0. The first-order valence-corrected chi connectivity index (χ1v) is 23.7. The minimum Gasteiger partial charge on any atom is -0.455 e. The lowest BCUT2D eigenvalue weighted by Crippen LogP contribution is -2.61. The molecular formula is C61H65BN2O. The lowest BCUT2D eigenvalue weighted by Gasteiger charge is -2.46. The molecule has 0 unspecified atom stereocenters. The second-order valence-electron chi connectivity index (χ2n) is 23.4. The topological polar surface area (TPSA) is 19.6 Å². The van der Waals surface area contributed by atoms with Crippen LogP contribution in [0.1, 0.15) is 122 Å². The molecule has 0 radical (unpaired) electrons. The van der Waals surface area contributed by atoms with Crippen LogP contribution >= 0.6 is 0 Å². The summed E-state index contributed by atoms with van der Waals surface area (Å²) in [7, 11) is 0. The largest absolute Gasteiger partial charge is 0.455 e. The molecule has 1 aromatic heterocycles. The fraction of sp³-hybridized carbons (Fsp3) is 0.311. The average Bonchev–Trinajstić information content (AvgIpc) is 3.60. The first kappa shape index (κ1) is 42.9. The van der Waals surface area contributed by atoms with Gasteiger partial charge in [0.1, 0.15) is 11.2 Å². The predicted molar refractivity (Wildman–Crippen MR) is 282 cm³/mol. The molecule has 0 amide bonds. The lowest BCUT2D eigenvalue weighted by atomic mass is 9.43. The molecule has 0 spiro atoms. The highest BCUT2D eigenvalue weighted by atomic mass is 16.3. The van der Waals surface area contributed by atoms with Crippen LogP contribution < -0.4 is 20.6 Å². The summed E-state index contributed by atoms with van der Waals surface area (Å²) < 4.78 is 7.13. The summed E-state index contributed by atoms with van der Waals surface area (Å²) in [6, 6.07) is 47.0. The van der Waals surface area contributed by atoms with Gasteiger partial charge in [-0.3, -0.25) is 0 Å². The van der Waals surface area contributed by atoms with Crippen molar-refractivity contribution in [2.24, 2.45) is 0 Å². The van der Waals surface area contributed by atoms with Crippen LogP contribution in [0.25, 0.3) is 44.2 Å². The van der Waals surface area contributed by atoms with Crippen LogP contribution in [0.3, 0.4) is 0 Å². The van der Waals surface area contributed by atoms with Gasteiger partial charge in [-0.1, -0.05) is 155 Å². The van der Waals surface area contributed by atoms with E-state index in [4.69, 9.17) is 4.42 Å². The van der Waals surface area contributed by atoms with Crippen molar-refractivity contribution in [3.63, 3.8) is 0 Å². The Morgan fingerprint density at radius 3 is 1.68 bits per heavy atom. The van der Waals surface area contributed by atoms with E-state index < -0.39 is 0 Å². The van der Waals surface area contributed by atoms with E-state index in [0.29, 0.717) is 0 Å². The predicted octanol–water partition coefficient (Wildman–Crippen LogP) is 16.1. The second-order valence-corrected chi connectivity index (χ2v) is 23.4. The molecule has 3 nitrogen and oxygen atoms in total. The van der Waals surface area contributed by atoms with Gasteiger partial charge in [0.05, 0.1) is 0 Å². The smallest absolute Gasteiger partial charge is 0.333 e. The van der Waals surface area contributed by atoms with Crippen molar-refractivity contribution < 1.29 is 4.42 Å². The molecule has 2 aliphatic rings. The zero-order valence-corrected chi connectivity index (χ0v) is 41.4. The summed E-state index contributed by atoms with van der Waals surface area (Å²) in [4.78, 5) is 5.26. The van der Waals surface area contributed by atoms with Crippen molar-refractivity contribution in [2.75, 3.05) is 9.71 Å². The minimum atomic E-state index is -0.153. The number of benzene rings is 7. The van der Waals surface area contributed by atoms with Crippen LogP contribution in [0.5, 0.6) is 0 Å². The van der Waals surface area contributed by atoms with E-state index in [1.165, 1.54) is 101 Å². The zero-order valence-electron chi connectivity index (χ0n) is 41.4. The molecule has 0 bridgehead atoms. The third-order valence-corrected chi connectivity index (χ3v) is 14.3. The maximum Gasteiger partial charge on any atom is 0.333 e. The molecule has 0 aliphatic carbocycles. The van der Waals surface area contributed by atoms with Gasteiger partial charge in [-0.2, -0.15) is 0 Å². The molecule has 0 saturated heterocycles. The van der Waals surface area contributed by atoms with Crippen molar-refractivity contribution in [2.45, 2.75) is 126 Å². The van der Waals surface area contributed by atoms with Gasteiger partial charge in [0, 0.05) is 50.3 Å². The Bertz CT molecular complexity index is 3170. The van der Waals surface area contributed by atoms with Gasteiger partial charge in [-0.25, -0.2) is 0 Å². The Hall–Kier alpha value is -6.00. The van der Waals surface area contributed by atoms with E-state index in [2.05, 4.69) is 235 Å². The normalized spacial score (nSPS) is 14.0. The molecule has 8 aromatic rings. The quantitative estimate of drug-likeness (QED) is 0.165. The number of hydrogen-bond acceptors (Lipinski definition) is 3. The minimum absolute atomic E-state index is 0.0285. The second kappa shape index (κ2) is 14.5. The highest BCUT2D eigenvalue weighted by Gasteiger charge is 2.47. The standard InChI is InChI=1S/C61H65BN2O/c1-36-28-37(2)54(38(3)29-36)39-20-26-49-51(30-39)63(45-32-42(60(10,11)12)31-43(33-45)61(13,14)15)52-35-47-46-18-16-17-19-53(46)65-57(47)55-48-34-41(59(7,8)9)23-27-50(48)64(62(49)56(52)55)44-24-21-40(22-25-44)58(4,5)6/h16-35H,1-15H3. The SMILES string of the molecule is Cc1cc(C)c(-c2ccc3c(c2)N(c2cc(C(C)(C)C)cc(C(C)(C)C)c2)c2cc4c(oc5ccccc54)c4c2B3N(c2ccc(C(C)(C)C)cc2)c2ccc(C(C)(C)C)cc2-4)c(C)c1. The van der Waals surface area contributed by atoms with E-state index in [1.54, 1.807) is 0 Å². The Morgan fingerprint density at radius 2 is 1.06 bits per heavy atom. The van der Waals surface area contributed by atoms with E-state index >= 15 is 0 Å². The van der Waals surface area contributed by atoms with Crippen LogP contribution in [-0.4, -0.2) is 6.85 Å².